The van der Waals surface area contributed by atoms with Gasteiger partial charge in [-0.3, -0.25) is 43.2 Å². The van der Waals surface area contributed by atoms with Crippen molar-refractivity contribution in [1.82, 2.24) is 47.9 Å². The monoisotopic (exact) mass is 1160 g/mol. The molecule has 81 heavy (non-hydrogen) atoms. The highest BCUT2D eigenvalue weighted by molar-refractivity contribution is 5.88. The van der Waals surface area contributed by atoms with E-state index in [0.29, 0.717) is 64.6 Å². The van der Waals surface area contributed by atoms with Gasteiger partial charge in [-0.2, -0.15) is 0 Å². The van der Waals surface area contributed by atoms with E-state index in [4.69, 9.17) is 40.8 Å². The van der Waals surface area contributed by atoms with Crippen LogP contribution in [-0.4, -0.2) is 198 Å². The smallest absolute Gasteiger partial charge is 0.246 e. The third-order valence-electron chi connectivity index (χ3n) is 12.3. The van der Waals surface area contributed by atoms with Gasteiger partial charge in [0.1, 0.15) is 19.3 Å². The van der Waals surface area contributed by atoms with Crippen molar-refractivity contribution in [3.8, 4) is 0 Å². The first-order valence-corrected chi connectivity index (χ1v) is 28.2. The van der Waals surface area contributed by atoms with Crippen molar-refractivity contribution in [2.24, 2.45) is 33.6 Å². The predicted molar refractivity (Wildman–Crippen MR) is 303 cm³/mol. The van der Waals surface area contributed by atoms with Crippen LogP contribution < -0.4 is 59.3 Å². The van der Waals surface area contributed by atoms with Gasteiger partial charge in [0.2, 0.25) is 53.2 Å². The zero-order valence-electron chi connectivity index (χ0n) is 48.9. The van der Waals surface area contributed by atoms with Crippen molar-refractivity contribution in [3.05, 3.63) is 0 Å². The summed E-state index contributed by atoms with van der Waals surface area (Å²) in [6.45, 7) is 14.0. The molecule has 0 rings (SSSR count). The van der Waals surface area contributed by atoms with E-state index in [0.717, 1.165) is 12.8 Å². The van der Waals surface area contributed by atoms with E-state index in [1.54, 1.807) is 41.5 Å². The summed E-state index contributed by atoms with van der Waals surface area (Å²) in [5, 5.41) is 50.2. The molecule has 466 valence electrons. The molecule has 0 bridgehead atoms. The number of nitrogens with zero attached hydrogens (tertiary/aromatic N) is 2. The largest absolute Gasteiger partial charge is 0.411 e. The van der Waals surface area contributed by atoms with Gasteiger partial charge in [-0.25, -0.2) is 0 Å². The number of carbonyl (C=O) groups excluding carboxylic acids is 9. The molecule has 0 aliphatic carbocycles. The van der Waals surface area contributed by atoms with E-state index >= 15 is 0 Å². The molecule has 28 nitrogen and oxygen atoms in total. The summed E-state index contributed by atoms with van der Waals surface area (Å²) in [4.78, 5) is 110. The molecular weight excluding hydrogens is 1060 g/mol. The maximum atomic E-state index is 13.3. The lowest BCUT2D eigenvalue weighted by atomic mass is 10.0. The summed E-state index contributed by atoms with van der Waals surface area (Å²) in [7, 11) is 0. The van der Waals surface area contributed by atoms with Crippen LogP contribution in [0.2, 0.25) is 0 Å². The Kier molecular flexibility index (Phi) is 43.0. The molecule has 0 saturated heterocycles. The predicted octanol–water partition coefficient (Wildman–Crippen LogP) is -0.646. The third-order valence-corrected chi connectivity index (χ3v) is 12.3. The number of oxime groups is 2. The maximum absolute atomic E-state index is 13.3. The number of rotatable bonds is 52. The molecule has 15 N–H and O–H groups in total. The Morgan fingerprint density at radius 2 is 0.827 bits per heavy atom. The molecular formula is C53H99N13O15. The number of primary amides is 2. The SMILES string of the molecule is C[C@H](CCCCNC(=O)COCCOCCNC(=O)COCCOCCNC(=O)CCCC(=O)NCCCC[C@H](NC(=O)CCCC(=O)NC(CNC(C)(C)/C=N/O)CNC(C)(C)/C=N/O)C(=O)NCCCC[C@H](C)C(N)=O)C(N)=O. The molecule has 28 heteroatoms. The van der Waals surface area contributed by atoms with Gasteiger partial charge in [0.05, 0.1) is 69.2 Å². The lowest BCUT2D eigenvalue weighted by molar-refractivity contribution is -0.129. The molecule has 9 amide bonds. The first-order valence-electron chi connectivity index (χ1n) is 28.2. The number of ether oxygens (including phenoxy) is 4. The number of nitrogens with one attached hydrogen (secondary N) is 9. The molecule has 0 aliphatic rings. The number of nitrogens with two attached hydrogens (primary N) is 2. The van der Waals surface area contributed by atoms with Crippen molar-refractivity contribution in [3.63, 3.8) is 0 Å². The van der Waals surface area contributed by atoms with Crippen LogP contribution in [0.25, 0.3) is 0 Å². The van der Waals surface area contributed by atoms with Crippen LogP contribution in [0.15, 0.2) is 10.3 Å². The molecule has 0 aromatic heterocycles. The van der Waals surface area contributed by atoms with Crippen LogP contribution in [0.3, 0.4) is 0 Å². The van der Waals surface area contributed by atoms with E-state index in [2.05, 4.69) is 58.2 Å². The molecule has 0 aliphatic heterocycles. The van der Waals surface area contributed by atoms with Gasteiger partial charge in [0.15, 0.2) is 0 Å². The summed E-state index contributed by atoms with van der Waals surface area (Å²) < 4.78 is 21.4. The van der Waals surface area contributed by atoms with E-state index in [1.807, 2.05) is 0 Å². The van der Waals surface area contributed by atoms with Crippen molar-refractivity contribution >= 4 is 65.6 Å². The van der Waals surface area contributed by atoms with Gasteiger partial charge in [0.25, 0.3) is 0 Å². The average molecular weight is 1160 g/mol. The van der Waals surface area contributed by atoms with Crippen LogP contribution in [-0.2, 0) is 62.1 Å². The van der Waals surface area contributed by atoms with Gasteiger partial charge >= 0.3 is 0 Å². The van der Waals surface area contributed by atoms with E-state index < -0.39 is 35.0 Å². The van der Waals surface area contributed by atoms with Crippen LogP contribution >= 0.6 is 0 Å². The van der Waals surface area contributed by atoms with E-state index in [1.165, 1.54) is 12.4 Å². The number of hydrogen-bond donors (Lipinski definition) is 13. The standard InChI is InChI=1S/C53H99N13O15/c1-39(49(54)73)15-7-10-23-57-47(71)35-80-31-30-79-28-26-59-48(72)36-81-32-29-78-27-25-58-44(68)19-13-18-43(67)56-22-12-9-17-42(51(75)60-24-11-8-16-40(2)50(55)74)66-46(70)21-14-20-45(69)65-41(33-61-52(3,4)37-63-76)34-62-53(5,6)38-64-77/h37-42,61-62,76-77H,7-36H2,1-6H3,(H2,54,73)(H2,55,74)(H,56,67)(H,57,71)(H,58,68)(H,59,72)(H,60,75)(H,65,69)(H,66,70)/b63-37+,64-38+/t39-,40+,42+/m1/s1. The van der Waals surface area contributed by atoms with Crippen molar-refractivity contribution in [1.29, 1.82) is 0 Å². The summed E-state index contributed by atoms with van der Waals surface area (Å²) in [6.07, 6.45) is 8.74. The van der Waals surface area contributed by atoms with Gasteiger partial charge in [-0.15, -0.1) is 10.3 Å². The van der Waals surface area contributed by atoms with Gasteiger partial charge in [-0.1, -0.05) is 26.7 Å². The van der Waals surface area contributed by atoms with Crippen molar-refractivity contribution < 1.29 is 72.5 Å². The second kappa shape index (κ2) is 46.5. The molecule has 0 heterocycles. The highest BCUT2D eigenvalue weighted by atomic mass is 16.5. The minimum Gasteiger partial charge on any atom is -0.411 e. The quantitative estimate of drug-likeness (QED) is 0.0156. The van der Waals surface area contributed by atoms with Gasteiger partial charge in [0, 0.05) is 83.3 Å². The zero-order chi connectivity index (χ0) is 60.7. The highest BCUT2D eigenvalue weighted by Crippen LogP contribution is 2.09. The Morgan fingerprint density at radius 1 is 0.457 bits per heavy atom. The fourth-order valence-corrected chi connectivity index (χ4v) is 7.25. The molecule has 0 unspecified atom stereocenters. The molecule has 0 saturated carbocycles. The van der Waals surface area contributed by atoms with Crippen LogP contribution in [0.4, 0.5) is 0 Å². The molecule has 0 radical (unpaired) electrons. The van der Waals surface area contributed by atoms with Crippen LogP contribution in [0.1, 0.15) is 138 Å². The first kappa shape index (κ1) is 74.9. The van der Waals surface area contributed by atoms with E-state index in [9.17, 15) is 43.2 Å². The molecule has 0 spiro atoms. The molecule has 0 aromatic carbocycles. The Bertz CT molecular complexity index is 1870. The normalized spacial score (nSPS) is 12.9. The lowest BCUT2D eigenvalue weighted by Crippen LogP contribution is -2.55. The Hall–Kier alpha value is -6.07. The minimum atomic E-state index is -0.873. The highest BCUT2D eigenvalue weighted by Gasteiger charge is 2.24. The summed E-state index contributed by atoms with van der Waals surface area (Å²) in [6, 6.07) is -1.31. The number of carbonyl (C=O) groups is 9. The summed E-state index contributed by atoms with van der Waals surface area (Å²) in [5.74, 6) is -3.34. The fraction of sp³-hybridized carbons (Fsp3) is 0.792. The van der Waals surface area contributed by atoms with Crippen LogP contribution in [0.5, 0.6) is 0 Å². The second-order valence-corrected chi connectivity index (χ2v) is 20.9. The average Bonchev–Trinajstić information content (AvgIpc) is 3.39. The molecule has 0 aromatic rings. The topological polar surface area (TPSA) is 416 Å². The molecule has 0 fully saturated rings. The Morgan fingerprint density at radius 3 is 1.27 bits per heavy atom. The second-order valence-electron chi connectivity index (χ2n) is 20.9. The summed E-state index contributed by atoms with van der Waals surface area (Å²) >= 11 is 0. The first-order chi connectivity index (χ1) is 38.5. The molecule has 3 atom stereocenters. The Balaban J connectivity index is 4.49. The maximum Gasteiger partial charge on any atom is 0.246 e. The minimum absolute atomic E-state index is 0.0202. The lowest BCUT2D eigenvalue weighted by Gasteiger charge is -2.29. The van der Waals surface area contributed by atoms with Gasteiger partial charge < -0.3 is 88.7 Å². The van der Waals surface area contributed by atoms with Crippen molar-refractivity contribution in [2.75, 3.05) is 98.7 Å². The number of amides is 9. The Labute approximate surface area is 478 Å². The number of hydrogen-bond acceptors (Lipinski definition) is 19. The van der Waals surface area contributed by atoms with Crippen LogP contribution in [0, 0.1) is 11.8 Å². The fourth-order valence-electron chi connectivity index (χ4n) is 7.25. The zero-order valence-corrected chi connectivity index (χ0v) is 48.9. The van der Waals surface area contributed by atoms with E-state index in [-0.39, 0.29) is 171 Å². The van der Waals surface area contributed by atoms with Crippen molar-refractivity contribution in [2.45, 2.75) is 161 Å². The number of unbranched alkanes of at least 4 members (excludes halogenated alkanes) is 3. The third kappa shape index (κ3) is 45.3. The van der Waals surface area contributed by atoms with Gasteiger partial charge in [-0.05, 0) is 85.5 Å². The summed E-state index contributed by atoms with van der Waals surface area (Å²) in [5.41, 5.74) is 9.22.